The molecule has 2 aromatic rings. The molecule has 0 spiro atoms. The maximum atomic E-state index is 11.9. The molecular weight excluding hydrogens is 291 g/mol. The van der Waals surface area contributed by atoms with E-state index in [2.05, 4.69) is 15.9 Å². The number of para-hydroxylation sites is 1. The average Bonchev–Trinajstić information content (AvgIpc) is 2.28. The lowest BCUT2D eigenvalue weighted by Gasteiger charge is -2.08. The first-order valence-corrected chi connectivity index (χ1v) is 5.70. The molecule has 0 radical (unpaired) electrons. The van der Waals surface area contributed by atoms with Crippen molar-refractivity contribution in [3.63, 3.8) is 0 Å². The van der Waals surface area contributed by atoms with Gasteiger partial charge in [0.2, 0.25) is 0 Å². The van der Waals surface area contributed by atoms with Gasteiger partial charge in [-0.2, -0.15) is 0 Å². The molecule has 0 amide bonds. The molecule has 1 aromatic heterocycles. The van der Waals surface area contributed by atoms with Gasteiger partial charge in [0.1, 0.15) is 4.47 Å². The Balaban J connectivity index is 2.72. The summed E-state index contributed by atoms with van der Waals surface area (Å²) < 4.78 is 1.79. The molecule has 0 aliphatic carbocycles. The first-order chi connectivity index (χ1) is 7.61. The van der Waals surface area contributed by atoms with Crippen LogP contribution < -0.4 is 11.3 Å². The minimum atomic E-state index is -0.229. The van der Waals surface area contributed by atoms with Crippen molar-refractivity contribution in [1.29, 1.82) is 0 Å². The van der Waals surface area contributed by atoms with Gasteiger partial charge in [-0.1, -0.05) is 23.7 Å². The molecule has 0 unspecified atom stereocenters. The molecule has 1 aromatic carbocycles. The third-order valence-electron chi connectivity index (χ3n) is 2.18. The lowest BCUT2D eigenvalue weighted by atomic mass is 10.3. The van der Waals surface area contributed by atoms with Crippen LogP contribution in [-0.2, 0) is 0 Å². The van der Waals surface area contributed by atoms with Crippen LogP contribution in [-0.4, -0.2) is 4.57 Å². The predicted molar refractivity (Wildman–Crippen MR) is 69.2 cm³/mol. The summed E-state index contributed by atoms with van der Waals surface area (Å²) in [7, 11) is 0. The summed E-state index contributed by atoms with van der Waals surface area (Å²) in [4.78, 5) is 11.9. The number of nitrogen functional groups attached to an aromatic ring is 1. The van der Waals surface area contributed by atoms with Gasteiger partial charge in [0.05, 0.1) is 16.4 Å². The SMILES string of the molecule is Nc1ccn(-c2ccccc2Cl)c(=O)c1Br. The second-order valence-corrected chi connectivity index (χ2v) is 4.41. The van der Waals surface area contributed by atoms with E-state index in [-0.39, 0.29) is 5.56 Å². The van der Waals surface area contributed by atoms with Crippen molar-refractivity contribution >= 4 is 33.2 Å². The quantitative estimate of drug-likeness (QED) is 0.880. The van der Waals surface area contributed by atoms with Gasteiger partial charge in [0.25, 0.3) is 5.56 Å². The number of pyridine rings is 1. The first-order valence-electron chi connectivity index (χ1n) is 4.53. The highest BCUT2D eigenvalue weighted by atomic mass is 79.9. The van der Waals surface area contributed by atoms with Crippen molar-refractivity contribution in [3.05, 3.63) is 56.4 Å². The molecule has 82 valence electrons. The van der Waals surface area contributed by atoms with E-state index in [0.717, 1.165) is 0 Å². The average molecular weight is 300 g/mol. The fraction of sp³-hybridized carbons (Fsp3) is 0. The van der Waals surface area contributed by atoms with Crippen molar-refractivity contribution in [2.75, 3.05) is 5.73 Å². The van der Waals surface area contributed by atoms with Crippen molar-refractivity contribution in [2.45, 2.75) is 0 Å². The number of rotatable bonds is 1. The first kappa shape index (κ1) is 11.2. The third-order valence-corrected chi connectivity index (χ3v) is 3.29. The Labute approximate surface area is 106 Å². The molecule has 2 rings (SSSR count). The van der Waals surface area contributed by atoms with Gasteiger partial charge in [-0.3, -0.25) is 9.36 Å². The molecule has 16 heavy (non-hydrogen) atoms. The van der Waals surface area contributed by atoms with Gasteiger partial charge in [-0.15, -0.1) is 0 Å². The summed E-state index contributed by atoms with van der Waals surface area (Å²) in [6.07, 6.45) is 1.60. The smallest absolute Gasteiger partial charge is 0.271 e. The molecule has 0 aliphatic heterocycles. The minimum Gasteiger partial charge on any atom is -0.398 e. The lowest BCUT2D eigenvalue weighted by molar-refractivity contribution is 0.983. The molecular formula is C11H8BrClN2O. The van der Waals surface area contributed by atoms with E-state index in [1.54, 1.807) is 24.4 Å². The minimum absolute atomic E-state index is 0.229. The van der Waals surface area contributed by atoms with Crippen molar-refractivity contribution in [3.8, 4) is 5.69 Å². The van der Waals surface area contributed by atoms with Gasteiger partial charge in [0, 0.05) is 6.20 Å². The van der Waals surface area contributed by atoms with Gasteiger partial charge < -0.3 is 5.73 Å². The standard InChI is InChI=1S/C11H8BrClN2O/c12-10-8(14)5-6-15(11(10)16)9-4-2-1-3-7(9)13/h1-6H,14H2. The molecule has 5 heteroatoms. The summed E-state index contributed by atoms with van der Waals surface area (Å²) >= 11 is 9.17. The van der Waals surface area contributed by atoms with Crippen LogP contribution in [0.1, 0.15) is 0 Å². The number of hydrogen-bond acceptors (Lipinski definition) is 2. The van der Waals surface area contributed by atoms with Crippen LogP contribution in [0.25, 0.3) is 5.69 Å². The van der Waals surface area contributed by atoms with Crippen molar-refractivity contribution in [1.82, 2.24) is 4.57 Å². The number of hydrogen-bond donors (Lipinski definition) is 1. The summed E-state index contributed by atoms with van der Waals surface area (Å²) in [5.41, 5.74) is 6.43. The van der Waals surface area contributed by atoms with Crippen LogP contribution in [0.2, 0.25) is 5.02 Å². The Morgan fingerprint density at radius 1 is 1.25 bits per heavy atom. The van der Waals surface area contributed by atoms with E-state index in [1.807, 2.05) is 12.1 Å². The van der Waals surface area contributed by atoms with Crippen LogP contribution in [0.5, 0.6) is 0 Å². The Morgan fingerprint density at radius 2 is 1.94 bits per heavy atom. The highest BCUT2D eigenvalue weighted by Crippen LogP contribution is 2.20. The third kappa shape index (κ3) is 1.86. The van der Waals surface area contributed by atoms with E-state index < -0.39 is 0 Å². The Hall–Kier alpha value is -1.26. The van der Waals surface area contributed by atoms with Gasteiger partial charge in [-0.25, -0.2) is 0 Å². The summed E-state index contributed by atoms with van der Waals surface area (Å²) in [6.45, 7) is 0. The summed E-state index contributed by atoms with van der Waals surface area (Å²) in [6, 6.07) is 8.77. The number of halogens is 2. The van der Waals surface area contributed by atoms with Gasteiger partial charge >= 0.3 is 0 Å². The fourth-order valence-electron chi connectivity index (χ4n) is 1.36. The zero-order valence-electron chi connectivity index (χ0n) is 8.15. The van der Waals surface area contributed by atoms with E-state index >= 15 is 0 Å². The Kier molecular flexibility index (Phi) is 3.03. The Bertz CT molecular complexity index is 595. The molecule has 2 N–H and O–H groups in total. The van der Waals surface area contributed by atoms with Gasteiger partial charge in [-0.05, 0) is 34.1 Å². The van der Waals surface area contributed by atoms with Crippen LogP contribution in [0.4, 0.5) is 5.69 Å². The Morgan fingerprint density at radius 3 is 2.62 bits per heavy atom. The van der Waals surface area contributed by atoms with E-state index in [1.165, 1.54) is 4.57 Å². The number of nitrogens with two attached hydrogens (primary N) is 1. The second kappa shape index (κ2) is 4.31. The predicted octanol–water partition coefficient (Wildman–Crippen LogP) is 2.84. The number of benzene rings is 1. The maximum absolute atomic E-state index is 11.9. The van der Waals surface area contributed by atoms with E-state index in [0.29, 0.717) is 20.9 Å². The van der Waals surface area contributed by atoms with Crippen molar-refractivity contribution in [2.24, 2.45) is 0 Å². The van der Waals surface area contributed by atoms with E-state index in [4.69, 9.17) is 17.3 Å². The fourth-order valence-corrected chi connectivity index (χ4v) is 1.91. The van der Waals surface area contributed by atoms with Gasteiger partial charge in [0.15, 0.2) is 0 Å². The number of aromatic nitrogens is 1. The maximum Gasteiger partial charge on any atom is 0.271 e. The monoisotopic (exact) mass is 298 g/mol. The molecule has 0 aliphatic rings. The largest absolute Gasteiger partial charge is 0.398 e. The normalized spacial score (nSPS) is 10.4. The number of nitrogens with zero attached hydrogens (tertiary/aromatic N) is 1. The molecule has 0 atom stereocenters. The topological polar surface area (TPSA) is 48.0 Å². The van der Waals surface area contributed by atoms with Crippen LogP contribution in [0, 0.1) is 0 Å². The summed E-state index contributed by atoms with van der Waals surface area (Å²) in [5.74, 6) is 0. The molecule has 0 saturated carbocycles. The zero-order chi connectivity index (χ0) is 11.7. The molecule has 3 nitrogen and oxygen atoms in total. The number of anilines is 1. The molecule has 1 heterocycles. The van der Waals surface area contributed by atoms with Crippen molar-refractivity contribution < 1.29 is 0 Å². The molecule has 0 fully saturated rings. The zero-order valence-corrected chi connectivity index (χ0v) is 10.5. The van der Waals surface area contributed by atoms with Crippen LogP contribution >= 0.6 is 27.5 Å². The lowest BCUT2D eigenvalue weighted by Crippen LogP contribution is -2.19. The molecule has 0 saturated heterocycles. The summed E-state index contributed by atoms with van der Waals surface area (Å²) in [5, 5.41) is 0.515. The highest BCUT2D eigenvalue weighted by Gasteiger charge is 2.08. The van der Waals surface area contributed by atoms with Crippen LogP contribution in [0.15, 0.2) is 45.8 Å². The molecule has 0 bridgehead atoms. The van der Waals surface area contributed by atoms with E-state index in [9.17, 15) is 4.79 Å². The highest BCUT2D eigenvalue weighted by molar-refractivity contribution is 9.10. The van der Waals surface area contributed by atoms with Crippen LogP contribution in [0.3, 0.4) is 0 Å². The second-order valence-electron chi connectivity index (χ2n) is 3.21.